The zero-order valence-electron chi connectivity index (χ0n) is 9.75. The molecule has 0 atom stereocenters. The number of hydrogen-bond donors (Lipinski definition) is 2. The van der Waals surface area contributed by atoms with Crippen LogP contribution in [0.4, 0.5) is 11.9 Å². The van der Waals surface area contributed by atoms with Crippen molar-refractivity contribution in [3.63, 3.8) is 0 Å². The molecule has 1 aliphatic rings. The molecule has 6 nitrogen and oxygen atoms in total. The Kier molecular flexibility index (Phi) is 4.11. The fourth-order valence-electron chi connectivity index (χ4n) is 1.72. The van der Waals surface area contributed by atoms with Gasteiger partial charge in [0.05, 0.1) is 6.61 Å². The van der Waals surface area contributed by atoms with Gasteiger partial charge in [-0.3, -0.25) is 0 Å². The average molecular weight is 268 g/mol. The molecule has 18 heavy (non-hydrogen) atoms. The van der Waals surface area contributed by atoms with Crippen LogP contribution < -0.4 is 10.6 Å². The van der Waals surface area contributed by atoms with E-state index in [9.17, 15) is 0 Å². The lowest BCUT2D eigenvalue weighted by Crippen LogP contribution is -2.28. The van der Waals surface area contributed by atoms with Crippen LogP contribution in [-0.2, 0) is 0 Å². The molecular weight excluding hydrogens is 254 g/mol. The first-order chi connectivity index (χ1) is 8.70. The van der Waals surface area contributed by atoms with E-state index in [0.29, 0.717) is 12.5 Å². The van der Waals surface area contributed by atoms with E-state index >= 15 is 0 Å². The number of nitrogen functional groups attached to an aromatic ring is 1. The molecule has 1 aromatic rings. The Morgan fingerprint density at radius 2 is 2.17 bits per heavy atom. The Bertz CT molecular complexity index is 468. The van der Waals surface area contributed by atoms with E-state index in [1.807, 2.05) is 6.08 Å². The molecule has 3 N–H and O–H groups in total. The molecule has 0 saturated carbocycles. The highest BCUT2D eigenvalue weighted by atomic mass is 35.5. The quantitative estimate of drug-likeness (QED) is 0.850. The standard InChI is InChI=1S/C11H14ClN5O/c12-9-14-10(13)16-11(15-9)17(6-7-18)8-4-2-1-3-5-8/h2,4-5,18H,1,3,6-7H2,(H2,13,14,15,16). The van der Waals surface area contributed by atoms with Crippen LogP contribution in [-0.4, -0.2) is 33.2 Å². The van der Waals surface area contributed by atoms with Crippen LogP contribution in [0.15, 0.2) is 23.9 Å². The van der Waals surface area contributed by atoms with Gasteiger partial charge in [0.25, 0.3) is 0 Å². The topological polar surface area (TPSA) is 88.2 Å². The predicted octanol–water partition coefficient (Wildman–Crippen LogP) is 1.14. The number of aromatic nitrogens is 3. The maximum Gasteiger partial charge on any atom is 0.236 e. The monoisotopic (exact) mass is 267 g/mol. The molecule has 1 aromatic heterocycles. The molecule has 0 radical (unpaired) electrons. The van der Waals surface area contributed by atoms with Gasteiger partial charge in [-0.15, -0.1) is 0 Å². The van der Waals surface area contributed by atoms with Gasteiger partial charge in [-0.05, 0) is 30.5 Å². The lowest BCUT2D eigenvalue weighted by atomic mass is 10.1. The van der Waals surface area contributed by atoms with Crippen molar-refractivity contribution in [2.75, 3.05) is 23.8 Å². The van der Waals surface area contributed by atoms with E-state index in [0.717, 1.165) is 18.5 Å². The lowest BCUT2D eigenvalue weighted by molar-refractivity contribution is 0.304. The first-order valence-corrected chi connectivity index (χ1v) is 6.00. The second-order valence-electron chi connectivity index (χ2n) is 3.75. The van der Waals surface area contributed by atoms with Crippen molar-refractivity contribution in [1.29, 1.82) is 0 Å². The third kappa shape index (κ3) is 2.96. The SMILES string of the molecule is Nc1nc(Cl)nc(N(CCO)C2=CCCC=C2)n1. The van der Waals surface area contributed by atoms with Crippen molar-refractivity contribution in [2.45, 2.75) is 12.8 Å². The fourth-order valence-corrected chi connectivity index (χ4v) is 1.88. The first-order valence-electron chi connectivity index (χ1n) is 5.63. The molecule has 2 rings (SSSR count). The minimum absolute atomic E-state index is 0.0195. The number of hydrogen-bond acceptors (Lipinski definition) is 6. The second-order valence-corrected chi connectivity index (χ2v) is 4.08. The molecular formula is C11H14ClN5O. The molecule has 0 aromatic carbocycles. The summed E-state index contributed by atoms with van der Waals surface area (Å²) in [6.45, 7) is 0.352. The summed E-state index contributed by atoms with van der Waals surface area (Å²) in [5, 5.41) is 9.18. The van der Waals surface area contributed by atoms with Crippen molar-refractivity contribution in [3.8, 4) is 0 Å². The summed E-state index contributed by atoms with van der Waals surface area (Å²) < 4.78 is 0. The van der Waals surface area contributed by atoms with E-state index in [1.165, 1.54) is 0 Å². The lowest BCUT2D eigenvalue weighted by Gasteiger charge is -2.24. The van der Waals surface area contributed by atoms with Gasteiger partial charge in [0.2, 0.25) is 17.2 Å². The van der Waals surface area contributed by atoms with E-state index < -0.39 is 0 Å². The highest BCUT2D eigenvalue weighted by Crippen LogP contribution is 2.20. The third-order valence-corrected chi connectivity index (χ3v) is 2.63. The van der Waals surface area contributed by atoms with E-state index in [-0.39, 0.29) is 17.8 Å². The van der Waals surface area contributed by atoms with Crippen LogP contribution in [0.3, 0.4) is 0 Å². The summed E-state index contributed by atoms with van der Waals surface area (Å²) in [5.41, 5.74) is 6.48. The zero-order chi connectivity index (χ0) is 13.0. The van der Waals surface area contributed by atoms with Crippen LogP contribution in [0.1, 0.15) is 12.8 Å². The largest absolute Gasteiger partial charge is 0.395 e. The van der Waals surface area contributed by atoms with Crippen LogP contribution in [0.25, 0.3) is 0 Å². The normalized spacial score (nSPS) is 14.4. The number of nitrogens with two attached hydrogens (primary N) is 1. The molecule has 0 aliphatic heterocycles. The Labute approximate surface area is 110 Å². The van der Waals surface area contributed by atoms with Crippen molar-refractivity contribution in [3.05, 3.63) is 29.2 Å². The summed E-state index contributed by atoms with van der Waals surface area (Å²) in [6.07, 6.45) is 8.04. The molecule has 0 saturated heterocycles. The minimum atomic E-state index is -0.0195. The molecule has 0 fully saturated rings. The van der Waals surface area contributed by atoms with Crippen molar-refractivity contribution >= 4 is 23.5 Å². The van der Waals surface area contributed by atoms with Crippen LogP contribution in [0.5, 0.6) is 0 Å². The Morgan fingerprint density at radius 1 is 1.33 bits per heavy atom. The number of aliphatic hydroxyl groups excluding tert-OH is 1. The third-order valence-electron chi connectivity index (χ3n) is 2.47. The highest BCUT2D eigenvalue weighted by Gasteiger charge is 2.15. The second kappa shape index (κ2) is 5.79. The van der Waals surface area contributed by atoms with E-state index in [1.54, 1.807) is 4.90 Å². The van der Waals surface area contributed by atoms with Gasteiger partial charge in [0.1, 0.15) is 0 Å². The number of halogens is 1. The van der Waals surface area contributed by atoms with Gasteiger partial charge in [0, 0.05) is 12.2 Å². The average Bonchev–Trinajstić information content (AvgIpc) is 2.36. The number of aliphatic hydroxyl groups is 1. The zero-order valence-corrected chi connectivity index (χ0v) is 10.5. The van der Waals surface area contributed by atoms with Crippen molar-refractivity contribution in [2.24, 2.45) is 0 Å². The van der Waals surface area contributed by atoms with Gasteiger partial charge in [-0.25, -0.2) is 0 Å². The maximum absolute atomic E-state index is 9.14. The van der Waals surface area contributed by atoms with Gasteiger partial charge >= 0.3 is 0 Å². The molecule has 7 heteroatoms. The molecule has 96 valence electrons. The maximum atomic E-state index is 9.14. The first kappa shape index (κ1) is 12.8. The minimum Gasteiger partial charge on any atom is -0.395 e. The number of rotatable bonds is 4. The van der Waals surface area contributed by atoms with Crippen molar-refractivity contribution in [1.82, 2.24) is 15.0 Å². The van der Waals surface area contributed by atoms with Crippen LogP contribution in [0, 0.1) is 0 Å². The summed E-state index contributed by atoms with van der Waals surface area (Å²) in [4.78, 5) is 13.6. The highest BCUT2D eigenvalue weighted by molar-refractivity contribution is 6.28. The molecule has 0 unspecified atom stereocenters. The molecule has 1 aliphatic carbocycles. The molecule has 0 bridgehead atoms. The van der Waals surface area contributed by atoms with Crippen LogP contribution >= 0.6 is 11.6 Å². The number of anilines is 2. The Balaban J connectivity index is 2.34. The van der Waals surface area contributed by atoms with Crippen LogP contribution in [0.2, 0.25) is 5.28 Å². The summed E-state index contributed by atoms with van der Waals surface area (Å²) in [7, 11) is 0. The molecule has 1 heterocycles. The summed E-state index contributed by atoms with van der Waals surface area (Å²) >= 11 is 5.76. The summed E-state index contributed by atoms with van der Waals surface area (Å²) in [5.74, 6) is 0.410. The van der Waals surface area contributed by atoms with Gasteiger partial charge in [-0.1, -0.05) is 12.2 Å². The smallest absolute Gasteiger partial charge is 0.236 e. The van der Waals surface area contributed by atoms with Crippen molar-refractivity contribution < 1.29 is 5.11 Å². The van der Waals surface area contributed by atoms with Gasteiger partial charge in [0.15, 0.2) is 0 Å². The predicted molar refractivity (Wildman–Crippen MR) is 70.1 cm³/mol. The van der Waals surface area contributed by atoms with Gasteiger partial charge in [-0.2, -0.15) is 15.0 Å². The molecule has 0 spiro atoms. The van der Waals surface area contributed by atoms with Gasteiger partial charge < -0.3 is 15.7 Å². The van der Waals surface area contributed by atoms with E-state index in [2.05, 4.69) is 27.1 Å². The van der Waals surface area contributed by atoms with E-state index in [4.69, 9.17) is 22.4 Å². The summed E-state index contributed by atoms with van der Waals surface area (Å²) in [6, 6.07) is 0. The Morgan fingerprint density at radius 3 is 2.78 bits per heavy atom. The Hall–Kier alpha value is -1.66. The fraction of sp³-hybridized carbons (Fsp3) is 0.364. The molecule has 0 amide bonds. The number of nitrogens with zero attached hydrogens (tertiary/aromatic N) is 4. The number of allylic oxidation sites excluding steroid dienone is 3.